The molecule has 0 bridgehead atoms. The van der Waals surface area contributed by atoms with Crippen LogP contribution in [0.5, 0.6) is 5.75 Å². The van der Waals surface area contributed by atoms with E-state index in [1.54, 1.807) is 6.20 Å². The van der Waals surface area contributed by atoms with Gasteiger partial charge in [0.25, 0.3) is 5.91 Å². The number of benzene rings is 1. The molecular weight excluding hydrogens is 392 g/mol. The van der Waals surface area contributed by atoms with Gasteiger partial charge < -0.3 is 14.1 Å². The Balaban J connectivity index is 1.38. The molecule has 1 aliphatic rings. The van der Waals surface area contributed by atoms with Crippen molar-refractivity contribution in [2.45, 2.75) is 45.4 Å². The zero-order valence-electron chi connectivity index (χ0n) is 18.2. The number of carbonyl (C=O) groups excluding carboxylic acids is 1. The number of rotatable bonds is 6. The summed E-state index contributed by atoms with van der Waals surface area (Å²) in [5, 5.41) is 8.42. The van der Waals surface area contributed by atoms with Crippen LogP contribution in [0.2, 0.25) is 0 Å². The molecule has 1 atom stereocenters. The topological polar surface area (TPSA) is 81.4 Å². The summed E-state index contributed by atoms with van der Waals surface area (Å²) >= 11 is 0. The Kier molecular flexibility index (Phi) is 6.30. The van der Waals surface area contributed by atoms with Crippen LogP contribution in [-0.4, -0.2) is 45.7 Å². The lowest BCUT2D eigenvalue weighted by molar-refractivity contribution is -0.134. The molecular formula is C24H28N4O3. The number of nitrogens with zero attached hydrogens (tertiary/aromatic N) is 4. The second-order valence-corrected chi connectivity index (χ2v) is 8.29. The average Bonchev–Trinajstić information content (AvgIpc) is 3.28. The van der Waals surface area contributed by atoms with Crippen LogP contribution in [0.3, 0.4) is 0 Å². The summed E-state index contributed by atoms with van der Waals surface area (Å²) < 4.78 is 11.8. The highest BCUT2D eigenvalue weighted by Gasteiger charge is 2.29. The number of carbonyl (C=O) groups is 1. The Bertz CT molecular complexity index is 1030. The SMILES string of the molecule is Cc1ccc(-c2nnc([C@H]3CCCN(C(=O)COc4ccccc4C(C)C)C3)o2)cn1. The summed E-state index contributed by atoms with van der Waals surface area (Å²) in [5.74, 6) is 2.14. The van der Waals surface area contributed by atoms with E-state index in [9.17, 15) is 4.79 Å². The van der Waals surface area contributed by atoms with Crippen LogP contribution < -0.4 is 4.74 Å². The number of aryl methyl sites for hydroxylation is 1. The maximum Gasteiger partial charge on any atom is 0.260 e. The molecule has 0 radical (unpaired) electrons. The Morgan fingerprint density at radius 1 is 1.23 bits per heavy atom. The van der Waals surface area contributed by atoms with Crippen molar-refractivity contribution in [2.75, 3.05) is 19.7 Å². The van der Waals surface area contributed by atoms with Crippen molar-refractivity contribution in [3.63, 3.8) is 0 Å². The summed E-state index contributed by atoms with van der Waals surface area (Å²) in [6.07, 6.45) is 3.53. The standard InChI is InChI=1S/C24H28N4O3/c1-16(2)20-8-4-5-9-21(20)30-15-22(29)28-12-6-7-19(14-28)24-27-26-23(31-24)18-11-10-17(3)25-13-18/h4-5,8-11,13,16,19H,6-7,12,14-15H2,1-3H3/t19-/m0/s1. The third-order valence-electron chi connectivity index (χ3n) is 5.61. The van der Waals surface area contributed by atoms with Crippen LogP contribution in [0, 0.1) is 6.92 Å². The summed E-state index contributed by atoms with van der Waals surface area (Å²) in [6.45, 7) is 7.46. The van der Waals surface area contributed by atoms with Gasteiger partial charge in [0, 0.05) is 25.0 Å². The van der Waals surface area contributed by atoms with E-state index in [0.717, 1.165) is 35.4 Å². The van der Waals surface area contributed by atoms with Gasteiger partial charge in [-0.2, -0.15) is 0 Å². The molecule has 1 saturated heterocycles. The predicted molar refractivity (Wildman–Crippen MR) is 117 cm³/mol. The second kappa shape index (κ2) is 9.29. The molecule has 2 aromatic heterocycles. The summed E-state index contributed by atoms with van der Waals surface area (Å²) in [6, 6.07) is 11.7. The zero-order valence-corrected chi connectivity index (χ0v) is 18.2. The van der Waals surface area contributed by atoms with Crippen molar-refractivity contribution in [3.05, 3.63) is 59.7 Å². The number of piperidine rings is 1. The van der Waals surface area contributed by atoms with Crippen molar-refractivity contribution < 1.29 is 13.9 Å². The average molecular weight is 421 g/mol. The van der Waals surface area contributed by atoms with E-state index in [0.29, 0.717) is 30.8 Å². The van der Waals surface area contributed by atoms with Gasteiger partial charge in [-0.25, -0.2) is 0 Å². The molecule has 31 heavy (non-hydrogen) atoms. The highest BCUT2D eigenvalue weighted by atomic mass is 16.5. The number of aromatic nitrogens is 3. The van der Waals surface area contributed by atoms with E-state index in [2.05, 4.69) is 29.0 Å². The van der Waals surface area contributed by atoms with Gasteiger partial charge in [0.1, 0.15) is 5.75 Å². The van der Waals surface area contributed by atoms with E-state index in [4.69, 9.17) is 9.15 Å². The molecule has 0 unspecified atom stereocenters. The quantitative estimate of drug-likeness (QED) is 0.590. The molecule has 7 heteroatoms. The molecule has 1 fully saturated rings. The molecule has 0 saturated carbocycles. The lowest BCUT2D eigenvalue weighted by Crippen LogP contribution is -2.41. The minimum Gasteiger partial charge on any atom is -0.483 e. The Morgan fingerprint density at radius 2 is 2.06 bits per heavy atom. The minimum absolute atomic E-state index is 0.0225. The van der Waals surface area contributed by atoms with Crippen molar-refractivity contribution in [2.24, 2.45) is 0 Å². The lowest BCUT2D eigenvalue weighted by atomic mass is 9.98. The zero-order chi connectivity index (χ0) is 21.8. The Hall–Kier alpha value is -3.22. The molecule has 3 heterocycles. The van der Waals surface area contributed by atoms with E-state index < -0.39 is 0 Å². The lowest BCUT2D eigenvalue weighted by Gasteiger charge is -2.31. The highest BCUT2D eigenvalue weighted by molar-refractivity contribution is 5.78. The fourth-order valence-electron chi connectivity index (χ4n) is 3.84. The number of hydrogen-bond donors (Lipinski definition) is 0. The first-order chi connectivity index (χ1) is 15.0. The van der Waals surface area contributed by atoms with Gasteiger partial charge in [-0.1, -0.05) is 32.0 Å². The smallest absolute Gasteiger partial charge is 0.260 e. The highest BCUT2D eigenvalue weighted by Crippen LogP contribution is 2.29. The summed E-state index contributed by atoms with van der Waals surface area (Å²) in [7, 11) is 0. The minimum atomic E-state index is -0.0225. The number of pyridine rings is 1. The van der Waals surface area contributed by atoms with Crippen LogP contribution in [0.15, 0.2) is 47.0 Å². The van der Waals surface area contributed by atoms with Gasteiger partial charge in [-0.05, 0) is 49.4 Å². The molecule has 1 aromatic carbocycles. The van der Waals surface area contributed by atoms with Crippen molar-refractivity contribution >= 4 is 5.91 Å². The van der Waals surface area contributed by atoms with E-state index in [1.165, 1.54) is 0 Å². The van der Waals surface area contributed by atoms with Crippen molar-refractivity contribution in [1.82, 2.24) is 20.1 Å². The van der Waals surface area contributed by atoms with Crippen LogP contribution >= 0.6 is 0 Å². The third kappa shape index (κ3) is 4.93. The molecule has 162 valence electrons. The van der Waals surface area contributed by atoms with Crippen LogP contribution in [0.1, 0.15) is 55.7 Å². The molecule has 4 rings (SSSR count). The van der Waals surface area contributed by atoms with Crippen LogP contribution in [-0.2, 0) is 4.79 Å². The van der Waals surface area contributed by atoms with E-state index in [-0.39, 0.29) is 18.4 Å². The van der Waals surface area contributed by atoms with Crippen molar-refractivity contribution in [3.8, 4) is 17.2 Å². The molecule has 0 spiro atoms. The molecule has 1 amide bonds. The number of likely N-dealkylation sites (tertiary alicyclic amines) is 1. The number of para-hydroxylation sites is 1. The fraction of sp³-hybridized carbons (Fsp3) is 0.417. The normalized spacial score (nSPS) is 16.5. The molecule has 1 aliphatic heterocycles. The van der Waals surface area contributed by atoms with E-state index in [1.807, 2.05) is 48.2 Å². The van der Waals surface area contributed by atoms with Gasteiger partial charge in [-0.3, -0.25) is 9.78 Å². The molecule has 7 nitrogen and oxygen atoms in total. The third-order valence-corrected chi connectivity index (χ3v) is 5.61. The monoisotopic (exact) mass is 420 g/mol. The number of ether oxygens (including phenoxy) is 1. The van der Waals surface area contributed by atoms with Gasteiger partial charge in [-0.15, -0.1) is 10.2 Å². The second-order valence-electron chi connectivity index (χ2n) is 8.29. The fourth-order valence-corrected chi connectivity index (χ4v) is 3.84. The van der Waals surface area contributed by atoms with Gasteiger partial charge in [0.2, 0.25) is 11.8 Å². The van der Waals surface area contributed by atoms with Crippen LogP contribution in [0.25, 0.3) is 11.5 Å². The first-order valence-corrected chi connectivity index (χ1v) is 10.8. The largest absolute Gasteiger partial charge is 0.483 e. The number of hydrogen-bond acceptors (Lipinski definition) is 6. The predicted octanol–water partition coefficient (Wildman–Crippen LogP) is 4.35. The first kappa shape index (κ1) is 21.0. The molecule has 0 aliphatic carbocycles. The van der Waals surface area contributed by atoms with Crippen molar-refractivity contribution in [1.29, 1.82) is 0 Å². The summed E-state index contributed by atoms with van der Waals surface area (Å²) in [4.78, 5) is 18.9. The molecule has 0 N–H and O–H groups in total. The van der Waals surface area contributed by atoms with Gasteiger partial charge in [0.05, 0.1) is 11.5 Å². The van der Waals surface area contributed by atoms with Gasteiger partial charge >= 0.3 is 0 Å². The van der Waals surface area contributed by atoms with Gasteiger partial charge in [0.15, 0.2) is 6.61 Å². The van der Waals surface area contributed by atoms with E-state index >= 15 is 0 Å². The summed E-state index contributed by atoms with van der Waals surface area (Å²) in [5.41, 5.74) is 2.84. The van der Waals surface area contributed by atoms with Crippen LogP contribution in [0.4, 0.5) is 0 Å². The first-order valence-electron chi connectivity index (χ1n) is 10.8. The maximum absolute atomic E-state index is 12.8. The maximum atomic E-state index is 12.8. The molecule has 3 aromatic rings. The Morgan fingerprint density at radius 3 is 2.84 bits per heavy atom. The number of amides is 1. The Labute approximate surface area is 182 Å².